The van der Waals surface area contributed by atoms with Gasteiger partial charge >= 0.3 is 0 Å². The van der Waals surface area contributed by atoms with Crippen molar-refractivity contribution in [1.29, 1.82) is 0 Å². The maximum atomic E-state index is 12.2. The van der Waals surface area contributed by atoms with Gasteiger partial charge in [0.2, 0.25) is 5.91 Å². The van der Waals surface area contributed by atoms with Gasteiger partial charge in [-0.2, -0.15) is 5.10 Å². The van der Waals surface area contributed by atoms with Crippen LogP contribution in [0.4, 0.5) is 0 Å². The van der Waals surface area contributed by atoms with Crippen LogP contribution in [0.1, 0.15) is 38.1 Å². The summed E-state index contributed by atoms with van der Waals surface area (Å²) in [6.45, 7) is 2.83. The summed E-state index contributed by atoms with van der Waals surface area (Å²) in [6.07, 6.45) is 9.35. The van der Waals surface area contributed by atoms with Crippen LogP contribution >= 0.6 is 0 Å². The van der Waals surface area contributed by atoms with Crippen LogP contribution in [0.15, 0.2) is 18.5 Å². The van der Waals surface area contributed by atoms with E-state index in [1.807, 2.05) is 21.8 Å². The van der Waals surface area contributed by atoms with E-state index in [0.29, 0.717) is 24.4 Å². The molecule has 2 saturated heterocycles. The summed E-state index contributed by atoms with van der Waals surface area (Å²) in [6, 6.07) is 2.92. The van der Waals surface area contributed by atoms with Crippen LogP contribution in [0, 0.1) is 0 Å². The Morgan fingerprint density at radius 1 is 1.35 bits per heavy atom. The lowest BCUT2D eigenvalue weighted by Gasteiger charge is -2.40. The maximum Gasteiger partial charge on any atom is 0.222 e. The monoisotopic (exact) mass is 276 g/mol. The van der Waals surface area contributed by atoms with Crippen LogP contribution < -0.4 is 0 Å². The summed E-state index contributed by atoms with van der Waals surface area (Å²) in [5.41, 5.74) is 0. The normalized spacial score (nSPS) is 24.6. The van der Waals surface area contributed by atoms with E-state index < -0.39 is 0 Å². The van der Waals surface area contributed by atoms with Crippen molar-refractivity contribution in [3.8, 4) is 0 Å². The first-order valence-corrected chi connectivity index (χ1v) is 7.71. The number of nitrogens with zero attached hydrogens (tertiary/aromatic N) is 4. The third-order valence-electron chi connectivity index (χ3n) is 4.73. The fourth-order valence-electron chi connectivity index (χ4n) is 3.28. The number of carbonyl (C=O) groups excluding carboxylic acids is 1. The Balaban J connectivity index is 1.40. The Kier molecular flexibility index (Phi) is 4.05. The predicted molar refractivity (Wildman–Crippen MR) is 77.3 cm³/mol. The van der Waals surface area contributed by atoms with Crippen LogP contribution in [0.25, 0.3) is 0 Å². The molecule has 1 amide bonds. The lowest BCUT2D eigenvalue weighted by atomic mass is 9.98. The molecule has 0 spiro atoms. The number of likely N-dealkylation sites (tertiary alicyclic amines) is 2. The first-order valence-electron chi connectivity index (χ1n) is 7.71. The third kappa shape index (κ3) is 2.87. The molecule has 110 valence electrons. The van der Waals surface area contributed by atoms with Crippen molar-refractivity contribution < 1.29 is 4.79 Å². The van der Waals surface area contributed by atoms with Gasteiger partial charge in [0.05, 0.1) is 6.04 Å². The van der Waals surface area contributed by atoms with Crippen molar-refractivity contribution in [3.63, 3.8) is 0 Å². The third-order valence-corrected chi connectivity index (χ3v) is 4.73. The largest absolute Gasteiger partial charge is 0.338 e. The smallest absolute Gasteiger partial charge is 0.222 e. The van der Waals surface area contributed by atoms with E-state index in [-0.39, 0.29) is 0 Å². The maximum absolute atomic E-state index is 12.2. The Morgan fingerprint density at radius 3 is 2.90 bits per heavy atom. The topological polar surface area (TPSA) is 41.4 Å². The number of carbonyl (C=O) groups is 1. The molecule has 5 heteroatoms. The summed E-state index contributed by atoms with van der Waals surface area (Å²) >= 11 is 0. The van der Waals surface area contributed by atoms with Crippen molar-refractivity contribution in [2.45, 2.75) is 44.2 Å². The Hall–Kier alpha value is -1.36. The quantitative estimate of drug-likeness (QED) is 0.837. The summed E-state index contributed by atoms with van der Waals surface area (Å²) < 4.78 is 1.96. The summed E-state index contributed by atoms with van der Waals surface area (Å²) in [5.74, 6) is 0.312. The van der Waals surface area contributed by atoms with Gasteiger partial charge in [0.15, 0.2) is 0 Å². The van der Waals surface area contributed by atoms with Gasteiger partial charge in [-0.1, -0.05) is 6.42 Å². The second kappa shape index (κ2) is 5.95. The standard InChI is InChI=1S/C15H24N4O/c1-17-9-3-2-5-13(17)6-7-15(20)18-11-14(12-18)19-10-4-8-16-19/h4,8,10,13-14H,2-3,5-7,9,11-12H2,1H3. The van der Waals surface area contributed by atoms with Crippen LogP contribution in [-0.2, 0) is 4.79 Å². The molecule has 0 saturated carbocycles. The molecule has 0 aromatic carbocycles. The lowest BCUT2D eigenvalue weighted by molar-refractivity contribution is -0.137. The SMILES string of the molecule is CN1CCCCC1CCC(=O)N1CC(n2cccn2)C1. The summed E-state index contributed by atoms with van der Waals surface area (Å²) in [5, 5.41) is 4.23. The van der Waals surface area contributed by atoms with E-state index in [0.717, 1.165) is 19.5 Å². The highest BCUT2D eigenvalue weighted by Gasteiger charge is 2.32. The van der Waals surface area contributed by atoms with E-state index in [2.05, 4.69) is 17.0 Å². The molecule has 3 heterocycles. The van der Waals surface area contributed by atoms with E-state index in [1.54, 1.807) is 6.20 Å². The Bertz CT molecular complexity index is 439. The van der Waals surface area contributed by atoms with Crippen molar-refractivity contribution in [2.24, 2.45) is 0 Å². The second-order valence-corrected chi connectivity index (χ2v) is 6.11. The van der Waals surface area contributed by atoms with Crippen LogP contribution in [0.2, 0.25) is 0 Å². The molecule has 1 unspecified atom stereocenters. The average Bonchev–Trinajstić information content (AvgIpc) is 2.90. The first kappa shape index (κ1) is 13.6. The number of hydrogen-bond donors (Lipinski definition) is 0. The van der Waals surface area contributed by atoms with Crippen LogP contribution in [0.5, 0.6) is 0 Å². The number of rotatable bonds is 4. The molecule has 0 aliphatic carbocycles. The predicted octanol–water partition coefficient (Wildman–Crippen LogP) is 1.53. The zero-order valence-corrected chi connectivity index (χ0v) is 12.2. The molecular weight excluding hydrogens is 252 g/mol. The van der Waals surface area contributed by atoms with Gasteiger partial charge < -0.3 is 9.80 Å². The highest BCUT2D eigenvalue weighted by Crippen LogP contribution is 2.23. The van der Waals surface area contributed by atoms with Crippen LogP contribution in [-0.4, -0.2) is 58.2 Å². The van der Waals surface area contributed by atoms with E-state index in [1.165, 1.54) is 25.8 Å². The molecule has 5 nitrogen and oxygen atoms in total. The average molecular weight is 276 g/mol. The minimum Gasteiger partial charge on any atom is -0.338 e. The molecule has 2 aliphatic heterocycles. The molecular formula is C15H24N4O. The van der Waals surface area contributed by atoms with Gasteiger partial charge in [0.1, 0.15) is 0 Å². The summed E-state index contributed by atoms with van der Waals surface area (Å²) in [4.78, 5) is 16.6. The molecule has 1 aromatic heterocycles. The Morgan fingerprint density at radius 2 is 2.20 bits per heavy atom. The van der Waals surface area contributed by atoms with Gasteiger partial charge in [-0.05, 0) is 38.9 Å². The van der Waals surface area contributed by atoms with Gasteiger partial charge in [-0.15, -0.1) is 0 Å². The number of hydrogen-bond acceptors (Lipinski definition) is 3. The molecule has 1 atom stereocenters. The second-order valence-electron chi connectivity index (χ2n) is 6.11. The van der Waals surface area contributed by atoms with Crippen molar-refractivity contribution >= 4 is 5.91 Å². The molecule has 0 bridgehead atoms. The van der Waals surface area contributed by atoms with E-state index >= 15 is 0 Å². The molecule has 2 fully saturated rings. The molecule has 1 aromatic rings. The first-order chi connectivity index (χ1) is 9.74. The number of amides is 1. The van der Waals surface area contributed by atoms with E-state index in [4.69, 9.17) is 0 Å². The zero-order chi connectivity index (χ0) is 13.9. The molecule has 0 radical (unpaired) electrons. The zero-order valence-electron chi connectivity index (χ0n) is 12.2. The highest BCUT2D eigenvalue weighted by molar-refractivity contribution is 5.77. The van der Waals surface area contributed by atoms with Gasteiger partial charge in [0.25, 0.3) is 0 Å². The van der Waals surface area contributed by atoms with Gasteiger partial charge in [-0.25, -0.2) is 0 Å². The van der Waals surface area contributed by atoms with Gasteiger partial charge in [0, 0.05) is 37.9 Å². The molecule has 3 rings (SSSR count). The highest BCUT2D eigenvalue weighted by atomic mass is 16.2. The lowest BCUT2D eigenvalue weighted by Crippen LogP contribution is -2.51. The molecule has 2 aliphatic rings. The van der Waals surface area contributed by atoms with Gasteiger partial charge in [-0.3, -0.25) is 9.48 Å². The van der Waals surface area contributed by atoms with Crippen molar-refractivity contribution in [1.82, 2.24) is 19.6 Å². The minimum atomic E-state index is 0.312. The van der Waals surface area contributed by atoms with Crippen LogP contribution in [0.3, 0.4) is 0 Å². The number of aromatic nitrogens is 2. The fourth-order valence-corrected chi connectivity index (χ4v) is 3.28. The van der Waals surface area contributed by atoms with Crippen molar-refractivity contribution in [2.75, 3.05) is 26.7 Å². The molecule has 0 N–H and O–H groups in total. The summed E-state index contributed by atoms with van der Waals surface area (Å²) in [7, 11) is 2.19. The minimum absolute atomic E-state index is 0.312. The van der Waals surface area contributed by atoms with E-state index in [9.17, 15) is 4.79 Å². The molecule has 20 heavy (non-hydrogen) atoms. The Labute approximate surface area is 120 Å². The van der Waals surface area contributed by atoms with Crippen molar-refractivity contribution in [3.05, 3.63) is 18.5 Å². The fraction of sp³-hybridized carbons (Fsp3) is 0.733. The number of piperidine rings is 1.